The molecule has 0 aromatic heterocycles. The molecule has 0 atom stereocenters. The van der Waals surface area contributed by atoms with Gasteiger partial charge in [0.15, 0.2) is 0 Å². The zero-order valence-electron chi connectivity index (χ0n) is 14.8. The molecule has 0 radical (unpaired) electrons. The van der Waals surface area contributed by atoms with Crippen molar-refractivity contribution in [3.05, 3.63) is 53.6 Å². The largest absolute Gasteiger partial charge is 0.393 e. The van der Waals surface area contributed by atoms with Gasteiger partial charge in [0.25, 0.3) is 0 Å². The van der Waals surface area contributed by atoms with Gasteiger partial charge >= 0.3 is 9.28 Å². The molecule has 0 unspecified atom stereocenters. The van der Waals surface area contributed by atoms with Crippen molar-refractivity contribution in [3.8, 4) is 11.1 Å². The first-order valence-electron chi connectivity index (χ1n) is 8.57. The fourth-order valence-electron chi connectivity index (χ4n) is 2.81. The summed E-state index contributed by atoms with van der Waals surface area (Å²) in [5, 5.41) is 1.31. The Bertz CT molecular complexity index is 579. The van der Waals surface area contributed by atoms with Crippen LogP contribution >= 0.6 is 0 Å². The molecule has 3 heteroatoms. The van der Waals surface area contributed by atoms with Crippen LogP contribution in [0.5, 0.6) is 0 Å². The number of rotatable bonds is 8. The van der Waals surface area contributed by atoms with Crippen LogP contribution in [0.3, 0.4) is 0 Å². The molecule has 2 aromatic carbocycles. The Kier molecular flexibility index (Phi) is 7.03. The Labute approximate surface area is 142 Å². The predicted molar refractivity (Wildman–Crippen MR) is 101 cm³/mol. The van der Waals surface area contributed by atoms with E-state index in [0.29, 0.717) is 0 Å². The molecule has 2 rings (SSSR count). The molecule has 0 aliphatic carbocycles. The summed E-state index contributed by atoms with van der Waals surface area (Å²) >= 11 is 0. The van der Waals surface area contributed by atoms with Gasteiger partial charge < -0.3 is 8.85 Å². The van der Waals surface area contributed by atoms with Crippen LogP contribution in [-0.4, -0.2) is 22.5 Å². The van der Waals surface area contributed by atoms with Crippen LogP contribution in [0.25, 0.3) is 11.1 Å². The van der Waals surface area contributed by atoms with Crippen molar-refractivity contribution < 1.29 is 8.85 Å². The van der Waals surface area contributed by atoms with E-state index in [1.807, 2.05) is 0 Å². The molecule has 124 valence electrons. The Morgan fingerprint density at radius 3 is 1.78 bits per heavy atom. The zero-order valence-corrected chi connectivity index (χ0v) is 15.9. The third-order valence-corrected chi connectivity index (χ3v) is 6.34. The second kappa shape index (κ2) is 9.01. The van der Waals surface area contributed by atoms with Crippen LogP contribution < -0.4 is 5.19 Å². The van der Waals surface area contributed by atoms with Crippen LogP contribution in [0.2, 0.25) is 0 Å². The summed E-state index contributed by atoms with van der Waals surface area (Å²) in [6.45, 7) is 10.2. The van der Waals surface area contributed by atoms with E-state index in [0.717, 1.165) is 26.1 Å². The summed E-state index contributed by atoms with van der Waals surface area (Å²) in [7, 11) is -1.82. The lowest BCUT2D eigenvalue weighted by molar-refractivity contribution is 0.207. The van der Waals surface area contributed by atoms with Gasteiger partial charge in [-0.25, -0.2) is 0 Å². The van der Waals surface area contributed by atoms with Gasteiger partial charge in [0.2, 0.25) is 0 Å². The van der Waals surface area contributed by atoms with Gasteiger partial charge in [-0.15, -0.1) is 0 Å². The number of hydrogen-bond acceptors (Lipinski definition) is 2. The Morgan fingerprint density at radius 1 is 0.783 bits per heavy atom. The van der Waals surface area contributed by atoms with Crippen LogP contribution in [0.1, 0.15) is 37.8 Å². The molecule has 2 aromatic rings. The fraction of sp³-hybridized carbons (Fsp3) is 0.400. The van der Waals surface area contributed by atoms with Gasteiger partial charge in [0, 0.05) is 13.2 Å². The molecular formula is C20H28O2Si. The topological polar surface area (TPSA) is 18.5 Å². The lowest BCUT2D eigenvalue weighted by atomic mass is 10.0. The minimum atomic E-state index is -1.82. The zero-order chi connectivity index (χ0) is 16.7. The van der Waals surface area contributed by atoms with E-state index in [-0.39, 0.29) is 0 Å². The highest BCUT2D eigenvalue weighted by molar-refractivity contribution is 6.62. The SMILES string of the molecule is CCCO[SiH](OCCC)c1c(C)cc(-c2ccccc2)cc1C. The maximum Gasteiger partial charge on any atom is 0.356 e. The highest BCUT2D eigenvalue weighted by atomic mass is 28.3. The van der Waals surface area contributed by atoms with Crippen LogP contribution in [0.15, 0.2) is 42.5 Å². The molecule has 0 heterocycles. The van der Waals surface area contributed by atoms with E-state index >= 15 is 0 Å². The minimum absolute atomic E-state index is 0.778. The van der Waals surface area contributed by atoms with E-state index in [1.165, 1.54) is 27.4 Å². The molecule has 0 N–H and O–H groups in total. The number of hydrogen-bond donors (Lipinski definition) is 0. The van der Waals surface area contributed by atoms with Crippen molar-refractivity contribution in [3.63, 3.8) is 0 Å². The monoisotopic (exact) mass is 328 g/mol. The van der Waals surface area contributed by atoms with Crippen molar-refractivity contribution in [2.45, 2.75) is 40.5 Å². The molecule has 0 saturated carbocycles. The van der Waals surface area contributed by atoms with Gasteiger partial charge in [-0.2, -0.15) is 0 Å². The maximum absolute atomic E-state index is 6.10. The lowest BCUT2D eigenvalue weighted by Gasteiger charge is -2.21. The third kappa shape index (κ3) is 4.77. The highest BCUT2D eigenvalue weighted by Crippen LogP contribution is 2.21. The van der Waals surface area contributed by atoms with Gasteiger partial charge in [0.1, 0.15) is 0 Å². The second-order valence-corrected chi connectivity index (χ2v) is 7.87. The number of aryl methyl sites for hydroxylation is 2. The predicted octanol–water partition coefficient (Wildman–Crippen LogP) is 4.25. The van der Waals surface area contributed by atoms with Crippen molar-refractivity contribution in [2.24, 2.45) is 0 Å². The van der Waals surface area contributed by atoms with Gasteiger partial charge in [0.05, 0.1) is 0 Å². The molecule has 0 spiro atoms. The smallest absolute Gasteiger partial charge is 0.356 e. The molecule has 0 bridgehead atoms. The molecule has 0 fully saturated rings. The van der Waals surface area contributed by atoms with Crippen molar-refractivity contribution in [2.75, 3.05) is 13.2 Å². The van der Waals surface area contributed by atoms with E-state index < -0.39 is 9.28 Å². The lowest BCUT2D eigenvalue weighted by Crippen LogP contribution is -2.41. The Balaban J connectivity index is 2.34. The summed E-state index contributed by atoms with van der Waals surface area (Å²) in [4.78, 5) is 0. The minimum Gasteiger partial charge on any atom is -0.393 e. The average molecular weight is 329 g/mol. The normalized spacial score (nSPS) is 11.2. The van der Waals surface area contributed by atoms with Crippen LogP contribution in [0.4, 0.5) is 0 Å². The van der Waals surface area contributed by atoms with Gasteiger partial charge in [-0.1, -0.05) is 56.3 Å². The fourth-order valence-corrected chi connectivity index (χ4v) is 5.05. The summed E-state index contributed by atoms with van der Waals surface area (Å²) in [6, 6.07) is 15.1. The molecule has 0 aliphatic rings. The molecule has 0 aliphatic heterocycles. The third-order valence-electron chi connectivity index (χ3n) is 3.88. The first-order valence-corrected chi connectivity index (χ1v) is 10.1. The molecule has 2 nitrogen and oxygen atoms in total. The Morgan fingerprint density at radius 2 is 1.30 bits per heavy atom. The van der Waals surface area contributed by atoms with E-state index in [4.69, 9.17) is 8.85 Å². The van der Waals surface area contributed by atoms with Gasteiger partial charge in [-0.05, 0) is 54.1 Å². The highest BCUT2D eigenvalue weighted by Gasteiger charge is 2.21. The van der Waals surface area contributed by atoms with Crippen molar-refractivity contribution >= 4 is 14.5 Å². The number of benzene rings is 2. The molecular weight excluding hydrogens is 300 g/mol. The standard InChI is InChI=1S/C20H28O2Si/c1-5-12-21-23(22-13-6-2)20-16(3)14-19(15-17(20)4)18-10-8-7-9-11-18/h7-11,14-15,23H,5-6,12-13H2,1-4H3. The summed E-state index contributed by atoms with van der Waals surface area (Å²) in [6.07, 6.45) is 2.05. The first kappa shape index (κ1) is 17.9. The average Bonchev–Trinajstić information content (AvgIpc) is 2.56. The van der Waals surface area contributed by atoms with E-state index in [1.54, 1.807) is 0 Å². The summed E-state index contributed by atoms with van der Waals surface area (Å²) in [5.41, 5.74) is 5.09. The van der Waals surface area contributed by atoms with E-state index in [9.17, 15) is 0 Å². The summed E-state index contributed by atoms with van der Waals surface area (Å²) < 4.78 is 12.2. The van der Waals surface area contributed by atoms with Gasteiger partial charge in [-0.3, -0.25) is 0 Å². The summed E-state index contributed by atoms with van der Waals surface area (Å²) in [5.74, 6) is 0. The van der Waals surface area contributed by atoms with Crippen molar-refractivity contribution in [1.82, 2.24) is 0 Å². The molecule has 0 amide bonds. The Hall–Kier alpha value is -1.42. The first-order chi connectivity index (χ1) is 11.2. The van der Waals surface area contributed by atoms with E-state index in [2.05, 4.69) is 70.2 Å². The second-order valence-electron chi connectivity index (χ2n) is 5.96. The maximum atomic E-state index is 6.10. The van der Waals surface area contributed by atoms with Crippen LogP contribution in [-0.2, 0) is 8.85 Å². The quantitative estimate of drug-likeness (QED) is 0.674. The molecule has 23 heavy (non-hydrogen) atoms. The van der Waals surface area contributed by atoms with Crippen LogP contribution in [0, 0.1) is 13.8 Å². The van der Waals surface area contributed by atoms with Crippen molar-refractivity contribution in [1.29, 1.82) is 0 Å². The molecule has 0 saturated heterocycles.